The molecule has 0 amide bonds. The molecule has 0 saturated heterocycles. The molecule has 1 rings (SSSR count). The van der Waals surface area contributed by atoms with Gasteiger partial charge in [-0.1, -0.05) is 53.0 Å². The van der Waals surface area contributed by atoms with Gasteiger partial charge in [-0.05, 0) is 42.9 Å². The van der Waals surface area contributed by atoms with Crippen LogP contribution in [0.4, 0.5) is 0 Å². The molecular formula is C17H28S. The minimum atomic E-state index is 0.648. The lowest BCUT2D eigenvalue weighted by Gasteiger charge is -2.04. The zero-order valence-electron chi connectivity index (χ0n) is 12.5. The first-order valence-electron chi connectivity index (χ1n) is 7.47. The highest BCUT2D eigenvalue weighted by atomic mass is 32.1. The van der Waals surface area contributed by atoms with Gasteiger partial charge in [0, 0.05) is 9.75 Å². The molecule has 1 heteroatoms. The van der Waals surface area contributed by atoms with E-state index in [2.05, 4.69) is 45.9 Å². The van der Waals surface area contributed by atoms with Crippen molar-refractivity contribution in [2.45, 2.75) is 66.2 Å². The van der Waals surface area contributed by atoms with Crippen molar-refractivity contribution in [2.75, 3.05) is 0 Å². The number of rotatable bonds is 8. The molecule has 0 aliphatic heterocycles. The quantitative estimate of drug-likeness (QED) is 0.482. The van der Waals surface area contributed by atoms with Gasteiger partial charge in [0.05, 0.1) is 0 Å². The van der Waals surface area contributed by atoms with Crippen LogP contribution in [0.2, 0.25) is 0 Å². The molecule has 0 fully saturated rings. The van der Waals surface area contributed by atoms with Crippen LogP contribution < -0.4 is 0 Å². The van der Waals surface area contributed by atoms with Gasteiger partial charge in [-0.2, -0.15) is 0 Å². The smallest absolute Gasteiger partial charge is 0.0302 e. The molecule has 102 valence electrons. The van der Waals surface area contributed by atoms with Crippen LogP contribution in [0.1, 0.15) is 69.6 Å². The SMILES string of the molecule is CCCCCCc1ccc(/C(=C/C(C)C)CC)s1. The minimum absolute atomic E-state index is 0.648. The zero-order chi connectivity index (χ0) is 13.4. The normalized spacial score (nSPS) is 12.4. The van der Waals surface area contributed by atoms with E-state index in [0.29, 0.717) is 5.92 Å². The van der Waals surface area contributed by atoms with Crippen molar-refractivity contribution in [3.8, 4) is 0 Å². The van der Waals surface area contributed by atoms with Crippen LogP contribution in [0.5, 0.6) is 0 Å². The standard InChI is InChI=1S/C17H28S/c1-5-7-8-9-10-16-11-12-17(18-16)15(6-2)13-14(3)4/h11-14H,5-10H2,1-4H3/b15-13+. The molecule has 1 aromatic heterocycles. The third-order valence-corrected chi connectivity index (χ3v) is 4.39. The Balaban J connectivity index is 2.56. The lowest BCUT2D eigenvalue weighted by Crippen LogP contribution is -1.84. The van der Waals surface area contributed by atoms with Gasteiger partial charge in [0.1, 0.15) is 0 Å². The van der Waals surface area contributed by atoms with Gasteiger partial charge in [-0.15, -0.1) is 11.3 Å². The summed E-state index contributed by atoms with van der Waals surface area (Å²) in [7, 11) is 0. The largest absolute Gasteiger partial charge is 0.141 e. The van der Waals surface area contributed by atoms with Crippen LogP contribution in [0, 0.1) is 5.92 Å². The second kappa shape index (κ2) is 8.53. The number of hydrogen-bond acceptors (Lipinski definition) is 1. The van der Waals surface area contributed by atoms with Crippen LogP contribution in [0.3, 0.4) is 0 Å². The second-order valence-electron chi connectivity index (χ2n) is 5.37. The van der Waals surface area contributed by atoms with Crippen molar-refractivity contribution in [2.24, 2.45) is 5.92 Å². The second-order valence-corrected chi connectivity index (χ2v) is 6.53. The lowest BCUT2D eigenvalue weighted by molar-refractivity contribution is 0.670. The Morgan fingerprint density at radius 1 is 1.17 bits per heavy atom. The number of allylic oxidation sites excluding steroid dienone is 2. The van der Waals surface area contributed by atoms with E-state index >= 15 is 0 Å². The summed E-state index contributed by atoms with van der Waals surface area (Å²) < 4.78 is 0. The molecule has 0 aromatic carbocycles. The minimum Gasteiger partial charge on any atom is -0.141 e. The zero-order valence-corrected chi connectivity index (χ0v) is 13.3. The average molecular weight is 264 g/mol. The molecule has 0 nitrogen and oxygen atoms in total. The maximum Gasteiger partial charge on any atom is 0.0302 e. The highest BCUT2D eigenvalue weighted by Gasteiger charge is 2.05. The Morgan fingerprint density at radius 3 is 2.56 bits per heavy atom. The summed E-state index contributed by atoms with van der Waals surface area (Å²) in [4.78, 5) is 3.04. The molecule has 0 aliphatic rings. The first-order chi connectivity index (χ1) is 8.67. The third-order valence-electron chi connectivity index (χ3n) is 3.17. The number of aryl methyl sites for hydroxylation is 1. The van der Waals surface area contributed by atoms with E-state index in [1.54, 1.807) is 4.88 Å². The molecule has 0 atom stereocenters. The summed E-state index contributed by atoms with van der Waals surface area (Å²) in [5.41, 5.74) is 1.52. The van der Waals surface area contributed by atoms with Crippen LogP contribution in [0.25, 0.3) is 5.57 Å². The van der Waals surface area contributed by atoms with E-state index in [1.165, 1.54) is 42.6 Å². The van der Waals surface area contributed by atoms with Crippen LogP contribution in [-0.4, -0.2) is 0 Å². The number of thiophene rings is 1. The molecule has 0 radical (unpaired) electrons. The van der Waals surface area contributed by atoms with E-state index in [0.717, 1.165) is 6.42 Å². The van der Waals surface area contributed by atoms with Crippen LogP contribution in [0.15, 0.2) is 18.2 Å². The Kier molecular flexibility index (Phi) is 7.34. The van der Waals surface area contributed by atoms with Crippen molar-refractivity contribution < 1.29 is 0 Å². The van der Waals surface area contributed by atoms with E-state index in [-0.39, 0.29) is 0 Å². The van der Waals surface area contributed by atoms with Crippen molar-refractivity contribution in [3.63, 3.8) is 0 Å². The number of hydrogen-bond donors (Lipinski definition) is 0. The molecule has 18 heavy (non-hydrogen) atoms. The van der Waals surface area contributed by atoms with E-state index in [1.807, 2.05) is 11.3 Å². The predicted molar refractivity (Wildman–Crippen MR) is 85.3 cm³/mol. The molecule has 0 spiro atoms. The van der Waals surface area contributed by atoms with Gasteiger partial charge in [0.25, 0.3) is 0 Å². The van der Waals surface area contributed by atoms with Crippen molar-refractivity contribution >= 4 is 16.9 Å². The Morgan fingerprint density at radius 2 is 1.94 bits per heavy atom. The van der Waals surface area contributed by atoms with Gasteiger partial charge in [0.2, 0.25) is 0 Å². The van der Waals surface area contributed by atoms with Crippen LogP contribution in [-0.2, 0) is 6.42 Å². The molecule has 0 bridgehead atoms. The fourth-order valence-electron chi connectivity index (χ4n) is 2.19. The van der Waals surface area contributed by atoms with Gasteiger partial charge in [-0.3, -0.25) is 0 Å². The summed E-state index contributed by atoms with van der Waals surface area (Å²) in [6.07, 6.45) is 10.3. The monoisotopic (exact) mass is 264 g/mol. The van der Waals surface area contributed by atoms with E-state index in [9.17, 15) is 0 Å². The fraction of sp³-hybridized carbons (Fsp3) is 0.647. The van der Waals surface area contributed by atoms with E-state index in [4.69, 9.17) is 0 Å². The summed E-state index contributed by atoms with van der Waals surface area (Å²) in [6.45, 7) is 9.05. The highest BCUT2D eigenvalue weighted by Crippen LogP contribution is 2.28. The summed E-state index contributed by atoms with van der Waals surface area (Å²) in [5, 5.41) is 0. The van der Waals surface area contributed by atoms with Crippen molar-refractivity contribution in [1.82, 2.24) is 0 Å². The summed E-state index contributed by atoms with van der Waals surface area (Å²) in [5.74, 6) is 0.648. The molecule has 1 aromatic rings. The average Bonchev–Trinajstić information content (AvgIpc) is 2.80. The summed E-state index contributed by atoms with van der Waals surface area (Å²) >= 11 is 2.00. The van der Waals surface area contributed by atoms with Gasteiger partial charge >= 0.3 is 0 Å². The molecule has 0 N–H and O–H groups in total. The molecule has 0 aliphatic carbocycles. The first kappa shape index (κ1) is 15.5. The maximum absolute atomic E-state index is 2.41. The Labute approximate surface area is 117 Å². The third kappa shape index (κ3) is 5.39. The predicted octanol–water partition coefficient (Wildman–Crippen LogP) is 6.32. The lowest BCUT2D eigenvalue weighted by atomic mass is 10.1. The Bertz CT molecular complexity index is 357. The van der Waals surface area contributed by atoms with Crippen molar-refractivity contribution in [1.29, 1.82) is 0 Å². The highest BCUT2D eigenvalue weighted by molar-refractivity contribution is 7.13. The van der Waals surface area contributed by atoms with Crippen LogP contribution >= 0.6 is 11.3 Å². The van der Waals surface area contributed by atoms with Crippen molar-refractivity contribution in [3.05, 3.63) is 28.0 Å². The fourth-order valence-corrected chi connectivity index (χ4v) is 3.33. The number of unbranched alkanes of at least 4 members (excludes halogenated alkanes) is 3. The summed E-state index contributed by atoms with van der Waals surface area (Å²) in [6, 6.07) is 4.65. The molecule has 0 saturated carbocycles. The van der Waals surface area contributed by atoms with Gasteiger partial charge < -0.3 is 0 Å². The van der Waals surface area contributed by atoms with Gasteiger partial charge in [-0.25, -0.2) is 0 Å². The van der Waals surface area contributed by atoms with E-state index < -0.39 is 0 Å². The van der Waals surface area contributed by atoms with Gasteiger partial charge in [0.15, 0.2) is 0 Å². The molecular weight excluding hydrogens is 236 g/mol. The first-order valence-corrected chi connectivity index (χ1v) is 8.28. The maximum atomic E-state index is 2.41. The molecule has 0 unspecified atom stereocenters. The topological polar surface area (TPSA) is 0 Å². The Hall–Kier alpha value is -0.560. The molecule has 1 heterocycles.